The van der Waals surface area contributed by atoms with Crippen LogP contribution in [0.2, 0.25) is 0 Å². The number of ether oxygens (including phenoxy) is 3. The molecule has 0 unspecified atom stereocenters. The molecule has 0 aliphatic heterocycles. The number of carbonyl (C=O) groups is 1. The molecule has 0 bridgehead atoms. The molecule has 0 aromatic heterocycles. The van der Waals surface area contributed by atoms with Gasteiger partial charge in [0.1, 0.15) is 17.2 Å². The highest BCUT2D eigenvalue weighted by molar-refractivity contribution is 5.94. The topological polar surface area (TPSA) is 56.8 Å². The van der Waals surface area contributed by atoms with Crippen molar-refractivity contribution in [1.82, 2.24) is 0 Å². The monoisotopic (exact) mass is 301 g/mol. The van der Waals surface area contributed by atoms with Crippen LogP contribution >= 0.6 is 0 Å². The SMILES string of the molecule is COc1ccc(CC(=O)Nc2ccccc2OC)c(OC)c1. The molecule has 116 valence electrons. The third kappa shape index (κ3) is 3.69. The first-order valence-corrected chi connectivity index (χ1v) is 6.81. The van der Waals surface area contributed by atoms with Gasteiger partial charge in [0, 0.05) is 11.6 Å². The molecule has 1 amide bonds. The summed E-state index contributed by atoms with van der Waals surface area (Å²) in [6, 6.07) is 12.7. The van der Waals surface area contributed by atoms with Crippen LogP contribution in [0.4, 0.5) is 5.69 Å². The maximum Gasteiger partial charge on any atom is 0.229 e. The van der Waals surface area contributed by atoms with Gasteiger partial charge >= 0.3 is 0 Å². The smallest absolute Gasteiger partial charge is 0.229 e. The van der Waals surface area contributed by atoms with Gasteiger partial charge in [-0.3, -0.25) is 4.79 Å². The van der Waals surface area contributed by atoms with Crippen LogP contribution in [0, 0.1) is 0 Å². The predicted molar refractivity (Wildman–Crippen MR) is 84.9 cm³/mol. The summed E-state index contributed by atoms with van der Waals surface area (Å²) in [5, 5.41) is 2.84. The van der Waals surface area contributed by atoms with Crippen molar-refractivity contribution in [2.45, 2.75) is 6.42 Å². The third-order valence-corrected chi connectivity index (χ3v) is 3.23. The second-order valence-electron chi connectivity index (χ2n) is 4.60. The summed E-state index contributed by atoms with van der Waals surface area (Å²) in [6.07, 6.45) is 0.200. The summed E-state index contributed by atoms with van der Waals surface area (Å²) < 4.78 is 15.7. The molecule has 0 spiro atoms. The molecular weight excluding hydrogens is 282 g/mol. The number of nitrogens with one attached hydrogen (secondary N) is 1. The Morgan fingerprint density at radius 1 is 0.955 bits per heavy atom. The molecule has 2 aromatic rings. The molecule has 0 fully saturated rings. The first-order valence-electron chi connectivity index (χ1n) is 6.81. The Hall–Kier alpha value is -2.69. The van der Waals surface area contributed by atoms with Crippen molar-refractivity contribution in [3.05, 3.63) is 48.0 Å². The predicted octanol–water partition coefficient (Wildman–Crippen LogP) is 2.89. The van der Waals surface area contributed by atoms with Crippen molar-refractivity contribution in [3.8, 4) is 17.2 Å². The third-order valence-electron chi connectivity index (χ3n) is 3.23. The number of hydrogen-bond acceptors (Lipinski definition) is 4. The van der Waals surface area contributed by atoms with E-state index < -0.39 is 0 Å². The van der Waals surface area contributed by atoms with Gasteiger partial charge in [0.25, 0.3) is 0 Å². The maximum absolute atomic E-state index is 12.2. The van der Waals surface area contributed by atoms with E-state index in [1.165, 1.54) is 0 Å². The fourth-order valence-electron chi connectivity index (χ4n) is 2.11. The van der Waals surface area contributed by atoms with Crippen LogP contribution in [0.25, 0.3) is 0 Å². The molecule has 5 nitrogen and oxygen atoms in total. The van der Waals surface area contributed by atoms with Crippen LogP contribution < -0.4 is 19.5 Å². The number of hydrogen-bond donors (Lipinski definition) is 1. The summed E-state index contributed by atoms with van der Waals surface area (Å²) in [6.45, 7) is 0. The Bertz CT molecular complexity index is 655. The van der Waals surface area contributed by atoms with Crippen LogP contribution in [0.15, 0.2) is 42.5 Å². The number of amides is 1. The lowest BCUT2D eigenvalue weighted by atomic mass is 10.1. The second kappa shape index (κ2) is 7.36. The average Bonchev–Trinajstić information content (AvgIpc) is 2.55. The van der Waals surface area contributed by atoms with Gasteiger partial charge in [-0.1, -0.05) is 18.2 Å². The lowest BCUT2D eigenvalue weighted by Crippen LogP contribution is -2.15. The Kier molecular flexibility index (Phi) is 5.25. The Morgan fingerprint density at radius 2 is 1.68 bits per heavy atom. The van der Waals surface area contributed by atoms with E-state index >= 15 is 0 Å². The van der Waals surface area contributed by atoms with E-state index in [-0.39, 0.29) is 12.3 Å². The maximum atomic E-state index is 12.2. The fraction of sp³-hybridized carbons (Fsp3) is 0.235. The van der Waals surface area contributed by atoms with Crippen molar-refractivity contribution in [2.24, 2.45) is 0 Å². The zero-order valence-electron chi connectivity index (χ0n) is 12.9. The van der Waals surface area contributed by atoms with Gasteiger partial charge in [-0.2, -0.15) is 0 Å². The first kappa shape index (κ1) is 15.7. The lowest BCUT2D eigenvalue weighted by molar-refractivity contribution is -0.115. The Morgan fingerprint density at radius 3 is 2.36 bits per heavy atom. The van der Waals surface area contributed by atoms with Crippen LogP contribution in [0.1, 0.15) is 5.56 Å². The quantitative estimate of drug-likeness (QED) is 0.891. The second-order valence-corrected chi connectivity index (χ2v) is 4.60. The van der Waals surface area contributed by atoms with Gasteiger partial charge in [0.15, 0.2) is 0 Å². The number of carbonyl (C=O) groups excluding carboxylic acids is 1. The molecule has 0 saturated carbocycles. The normalized spacial score (nSPS) is 9.95. The minimum atomic E-state index is -0.145. The number of benzene rings is 2. The Labute approximate surface area is 129 Å². The van der Waals surface area contributed by atoms with Crippen LogP contribution in [-0.4, -0.2) is 27.2 Å². The minimum absolute atomic E-state index is 0.145. The van der Waals surface area contributed by atoms with Crippen LogP contribution in [0.5, 0.6) is 17.2 Å². The van der Waals surface area contributed by atoms with Crippen molar-refractivity contribution in [2.75, 3.05) is 26.6 Å². The molecule has 0 aliphatic carbocycles. The number of anilines is 1. The van der Waals surface area contributed by atoms with E-state index in [2.05, 4.69) is 5.32 Å². The van der Waals surface area contributed by atoms with Gasteiger partial charge in [0.05, 0.1) is 33.4 Å². The van der Waals surface area contributed by atoms with E-state index in [0.29, 0.717) is 22.9 Å². The van der Waals surface area contributed by atoms with Gasteiger partial charge in [0.2, 0.25) is 5.91 Å². The molecular formula is C17H19NO4. The van der Waals surface area contributed by atoms with E-state index in [4.69, 9.17) is 14.2 Å². The Balaban J connectivity index is 2.12. The number of methoxy groups -OCH3 is 3. The molecule has 0 atom stereocenters. The molecule has 0 aliphatic rings. The average molecular weight is 301 g/mol. The molecule has 1 N–H and O–H groups in total. The number of para-hydroxylation sites is 2. The molecule has 0 heterocycles. The summed E-state index contributed by atoms with van der Waals surface area (Å²) in [5.74, 6) is 1.78. The zero-order chi connectivity index (χ0) is 15.9. The van der Waals surface area contributed by atoms with E-state index in [0.717, 1.165) is 5.56 Å². The van der Waals surface area contributed by atoms with Crippen LogP contribution in [0.3, 0.4) is 0 Å². The standard InChI is InChI=1S/C17H19NO4/c1-20-13-9-8-12(16(11-13)22-3)10-17(19)18-14-6-4-5-7-15(14)21-2/h4-9,11H,10H2,1-3H3,(H,18,19). The summed E-state index contributed by atoms with van der Waals surface area (Å²) in [7, 11) is 4.72. The van der Waals surface area contributed by atoms with Crippen molar-refractivity contribution >= 4 is 11.6 Å². The highest BCUT2D eigenvalue weighted by Crippen LogP contribution is 2.26. The van der Waals surface area contributed by atoms with E-state index in [1.807, 2.05) is 18.2 Å². The van der Waals surface area contributed by atoms with Crippen molar-refractivity contribution < 1.29 is 19.0 Å². The van der Waals surface area contributed by atoms with Gasteiger partial charge < -0.3 is 19.5 Å². The van der Waals surface area contributed by atoms with Gasteiger partial charge in [-0.15, -0.1) is 0 Å². The summed E-state index contributed by atoms with van der Waals surface area (Å²) in [4.78, 5) is 12.2. The minimum Gasteiger partial charge on any atom is -0.497 e. The largest absolute Gasteiger partial charge is 0.497 e. The van der Waals surface area contributed by atoms with Gasteiger partial charge in [-0.25, -0.2) is 0 Å². The molecule has 0 radical (unpaired) electrons. The highest BCUT2D eigenvalue weighted by Gasteiger charge is 2.12. The molecule has 5 heteroatoms. The summed E-state index contributed by atoms with van der Waals surface area (Å²) >= 11 is 0. The first-order chi connectivity index (χ1) is 10.7. The molecule has 2 aromatic carbocycles. The molecule has 0 saturated heterocycles. The van der Waals surface area contributed by atoms with Crippen molar-refractivity contribution in [3.63, 3.8) is 0 Å². The fourth-order valence-corrected chi connectivity index (χ4v) is 2.11. The van der Waals surface area contributed by atoms with Crippen molar-refractivity contribution in [1.29, 1.82) is 0 Å². The van der Waals surface area contributed by atoms with Crippen LogP contribution in [-0.2, 0) is 11.2 Å². The number of rotatable bonds is 6. The summed E-state index contributed by atoms with van der Waals surface area (Å²) in [5.41, 5.74) is 1.43. The molecule has 22 heavy (non-hydrogen) atoms. The lowest BCUT2D eigenvalue weighted by Gasteiger charge is -2.12. The molecule has 2 rings (SSSR count). The zero-order valence-corrected chi connectivity index (χ0v) is 12.9. The van der Waals surface area contributed by atoms with Gasteiger partial charge in [-0.05, 0) is 18.2 Å². The highest BCUT2D eigenvalue weighted by atomic mass is 16.5. The van der Waals surface area contributed by atoms with E-state index in [9.17, 15) is 4.79 Å². The van der Waals surface area contributed by atoms with E-state index in [1.54, 1.807) is 45.6 Å².